The van der Waals surface area contributed by atoms with E-state index in [1.165, 1.54) is 10.5 Å². The summed E-state index contributed by atoms with van der Waals surface area (Å²) in [5.41, 5.74) is 1.19. The van der Waals surface area contributed by atoms with E-state index in [9.17, 15) is 4.79 Å². The zero-order chi connectivity index (χ0) is 18.4. The molecule has 1 aliphatic rings. The number of nitrogens with zero attached hydrogens (tertiary/aromatic N) is 2. The number of piperazine rings is 1. The van der Waals surface area contributed by atoms with Crippen molar-refractivity contribution in [3.63, 3.8) is 0 Å². The van der Waals surface area contributed by atoms with Crippen molar-refractivity contribution in [1.82, 2.24) is 15.1 Å². The number of benzene rings is 1. The summed E-state index contributed by atoms with van der Waals surface area (Å²) >= 11 is 0. The van der Waals surface area contributed by atoms with Gasteiger partial charge in [-0.2, -0.15) is 0 Å². The van der Waals surface area contributed by atoms with Crippen molar-refractivity contribution in [3.8, 4) is 11.5 Å². The Kier molecular flexibility index (Phi) is 7.08. The van der Waals surface area contributed by atoms with E-state index >= 15 is 0 Å². The van der Waals surface area contributed by atoms with Crippen LogP contribution in [0.1, 0.15) is 26.3 Å². The maximum absolute atomic E-state index is 12.0. The summed E-state index contributed by atoms with van der Waals surface area (Å²) in [6, 6.07) is 6.50. The fraction of sp³-hybridized carbons (Fsp3) is 0.632. The summed E-state index contributed by atoms with van der Waals surface area (Å²) in [6.07, 6.45) is -0.547. The number of likely N-dealkylation sites (N-methyl/N-ethyl adjacent to an activating group) is 1. The third-order valence-electron chi connectivity index (χ3n) is 4.26. The minimum atomic E-state index is -0.547. The standard InChI is InChI=1S/C19H31N3O3/c1-6-24-18-11-16(13-22-10-9-20-14(2)12-22)7-8-17(18)25-15(3)19(23)21(4)5/h7-8,11,14-15,20H,6,9-10,12-13H2,1-5H3/t14-,15?/m1/s1. The third kappa shape index (κ3) is 5.61. The first-order valence-electron chi connectivity index (χ1n) is 9.00. The Morgan fingerprint density at radius 1 is 1.40 bits per heavy atom. The average molecular weight is 349 g/mol. The Hall–Kier alpha value is -1.79. The molecule has 0 aliphatic carbocycles. The molecule has 0 saturated carbocycles. The Labute approximate surface area is 151 Å². The highest BCUT2D eigenvalue weighted by atomic mass is 16.5. The van der Waals surface area contributed by atoms with Crippen LogP contribution < -0.4 is 14.8 Å². The Morgan fingerprint density at radius 3 is 2.80 bits per heavy atom. The molecule has 25 heavy (non-hydrogen) atoms. The van der Waals surface area contributed by atoms with Crippen molar-refractivity contribution >= 4 is 5.91 Å². The third-order valence-corrected chi connectivity index (χ3v) is 4.26. The molecule has 0 bridgehead atoms. The molecule has 1 aromatic rings. The van der Waals surface area contributed by atoms with Gasteiger partial charge in [0.2, 0.25) is 0 Å². The Balaban J connectivity index is 2.09. The van der Waals surface area contributed by atoms with E-state index in [2.05, 4.69) is 23.2 Å². The van der Waals surface area contributed by atoms with Gasteiger partial charge in [-0.15, -0.1) is 0 Å². The van der Waals surface area contributed by atoms with Crippen LogP contribution in [0.15, 0.2) is 18.2 Å². The molecule has 6 heteroatoms. The minimum Gasteiger partial charge on any atom is -0.490 e. The van der Waals surface area contributed by atoms with Crippen LogP contribution in [0.25, 0.3) is 0 Å². The maximum atomic E-state index is 12.0. The van der Waals surface area contributed by atoms with Crippen LogP contribution in [0.5, 0.6) is 11.5 Å². The first-order valence-corrected chi connectivity index (χ1v) is 9.00. The molecule has 1 amide bonds. The van der Waals surface area contributed by atoms with Crippen LogP contribution in [0, 0.1) is 0 Å². The van der Waals surface area contributed by atoms with Crippen molar-refractivity contribution in [2.75, 3.05) is 40.3 Å². The lowest BCUT2D eigenvalue weighted by molar-refractivity contribution is -0.135. The number of carbonyl (C=O) groups excluding carboxylic acids is 1. The highest BCUT2D eigenvalue weighted by Gasteiger charge is 2.20. The second-order valence-corrected chi connectivity index (χ2v) is 6.80. The number of carbonyl (C=O) groups is 1. The second kappa shape index (κ2) is 9.06. The van der Waals surface area contributed by atoms with Gasteiger partial charge in [-0.05, 0) is 38.5 Å². The van der Waals surface area contributed by atoms with Gasteiger partial charge in [-0.3, -0.25) is 9.69 Å². The van der Waals surface area contributed by atoms with Crippen LogP contribution in [0.2, 0.25) is 0 Å². The van der Waals surface area contributed by atoms with Crippen LogP contribution in [0.3, 0.4) is 0 Å². The molecule has 1 fully saturated rings. The molecular weight excluding hydrogens is 318 g/mol. The van der Waals surface area contributed by atoms with Gasteiger partial charge in [-0.1, -0.05) is 6.07 Å². The first-order chi connectivity index (χ1) is 11.9. The zero-order valence-electron chi connectivity index (χ0n) is 16.0. The van der Waals surface area contributed by atoms with E-state index in [0.29, 0.717) is 24.1 Å². The lowest BCUT2D eigenvalue weighted by Crippen LogP contribution is -2.48. The molecule has 1 unspecified atom stereocenters. The zero-order valence-corrected chi connectivity index (χ0v) is 16.0. The van der Waals surface area contributed by atoms with Gasteiger partial charge in [0.1, 0.15) is 0 Å². The van der Waals surface area contributed by atoms with Crippen molar-refractivity contribution in [2.24, 2.45) is 0 Å². The molecule has 1 saturated heterocycles. The number of nitrogens with one attached hydrogen (secondary N) is 1. The molecule has 1 N–H and O–H groups in total. The summed E-state index contributed by atoms with van der Waals surface area (Å²) in [5, 5.41) is 3.46. The van der Waals surface area contributed by atoms with E-state index < -0.39 is 6.10 Å². The van der Waals surface area contributed by atoms with Gasteiger partial charge in [0.15, 0.2) is 17.6 Å². The number of rotatable bonds is 7. The van der Waals surface area contributed by atoms with Gasteiger partial charge in [0, 0.05) is 46.3 Å². The Bertz CT molecular complexity index is 577. The van der Waals surface area contributed by atoms with E-state index in [-0.39, 0.29) is 5.91 Å². The maximum Gasteiger partial charge on any atom is 0.262 e. The SMILES string of the molecule is CCOc1cc(CN2CCN[C@H](C)C2)ccc1OC(C)C(=O)N(C)C. The van der Waals surface area contributed by atoms with Crippen LogP contribution >= 0.6 is 0 Å². The fourth-order valence-corrected chi connectivity index (χ4v) is 3.03. The first kappa shape index (κ1) is 19.5. The van der Waals surface area contributed by atoms with Crippen LogP contribution in [0.4, 0.5) is 0 Å². The minimum absolute atomic E-state index is 0.0682. The largest absolute Gasteiger partial charge is 0.490 e. The van der Waals surface area contributed by atoms with Gasteiger partial charge in [0.05, 0.1) is 6.61 Å². The van der Waals surface area contributed by atoms with Gasteiger partial charge in [-0.25, -0.2) is 0 Å². The summed E-state index contributed by atoms with van der Waals surface area (Å²) in [6.45, 7) is 10.5. The molecule has 140 valence electrons. The fourth-order valence-electron chi connectivity index (χ4n) is 3.03. The number of hydrogen-bond acceptors (Lipinski definition) is 5. The predicted octanol–water partition coefficient (Wildman–Crippen LogP) is 1.73. The molecule has 2 atom stereocenters. The molecule has 1 aromatic carbocycles. The van der Waals surface area contributed by atoms with Crippen LogP contribution in [-0.4, -0.2) is 68.2 Å². The second-order valence-electron chi connectivity index (χ2n) is 6.80. The molecule has 0 aromatic heterocycles. The van der Waals surface area contributed by atoms with Crippen molar-refractivity contribution in [3.05, 3.63) is 23.8 Å². The lowest BCUT2D eigenvalue weighted by atomic mass is 10.1. The molecule has 0 spiro atoms. The number of hydrogen-bond donors (Lipinski definition) is 1. The van der Waals surface area contributed by atoms with E-state index in [1.807, 2.05) is 19.1 Å². The summed E-state index contributed by atoms with van der Waals surface area (Å²) in [5.74, 6) is 1.24. The van der Waals surface area contributed by atoms with Crippen molar-refractivity contribution < 1.29 is 14.3 Å². The van der Waals surface area contributed by atoms with Gasteiger partial charge >= 0.3 is 0 Å². The van der Waals surface area contributed by atoms with Gasteiger partial charge in [0.25, 0.3) is 5.91 Å². The van der Waals surface area contributed by atoms with Crippen molar-refractivity contribution in [1.29, 1.82) is 0 Å². The number of amides is 1. The summed E-state index contributed by atoms with van der Waals surface area (Å²) in [7, 11) is 3.45. The summed E-state index contributed by atoms with van der Waals surface area (Å²) in [4.78, 5) is 16.0. The molecular formula is C19H31N3O3. The van der Waals surface area contributed by atoms with E-state index in [4.69, 9.17) is 9.47 Å². The van der Waals surface area contributed by atoms with Gasteiger partial charge < -0.3 is 19.7 Å². The monoisotopic (exact) mass is 349 g/mol. The smallest absolute Gasteiger partial charge is 0.262 e. The topological polar surface area (TPSA) is 54.0 Å². The van der Waals surface area contributed by atoms with E-state index in [1.54, 1.807) is 21.0 Å². The van der Waals surface area contributed by atoms with Crippen LogP contribution in [-0.2, 0) is 11.3 Å². The lowest BCUT2D eigenvalue weighted by Gasteiger charge is -2.32. The average Bonchev–Trinajstić information content (AvgIpc) is 2.56. The quantitative estimate of drug-likeness (QED) is 0.813. The highest BCUT2D eigenvalue weighted by molar-refractivity contribution is 5.80. The van der Waals surface area contributed by atoms with Crippen molar-refractivity contribution in [2.45, 2.75) is 39.5 Å². The molecule has 1 aliphatic heterocycles. The molecule has 1 heterocycles. The molecule has 0 radical (unpaired) electrons. The predicted molar refractivity (Wildman–Crippen MR) is 99.1 cm³/mol. The molecule has 6 nitrogen and oxygen atoms in total. The summed E-state index contributed by atoms with van der Waals surface area (Å²) < 4.78 is 11.6. The molecule has 2 rings (SSSR count). The normalized spacial score (nSPS) is 19.3. The Morgan fingerprint density at radius 2 is 2.16 bits per heavy atom. The number of ether oxygens (including phenoxy) is 2. The van der Waals surface area contributed by atoms with E-state index in [0.717, 1.165) is 26.2 Å². The highest BCUT2D eigenvalue weighted by Crippen LogP contribution is 2.30.